The van der Waals surface area contributed by atoms with Crippen molar-refractivity contribution < 1.29 is 4.39 Å². The summed E-state index contributed by atoms with van der Waals surface area (Å²) >= 11 is 0. The first kappa shape index (κ1) is 14.2. The molecule has 1 atom stereocenters. The monoisotopic (exact) mass is 311 g/mol. The van der Waals surface area contributed by atoms with Gasteiger partial charge in [0.05, 0.1) is 11.0 Å². The normalized spacial score (nSPS) is 17.9. The highest BCUT2D eigenvalue weighted by atomic mass is 19.1. The molecule has 0 radical (unpaired) electrons. The highest BCUT2D eigenvalue weighted by Gasteiger charge is 2.20. The van der Waals surface area contributed by atoms with Crippen molar-refractivity contribution in [2.45, 2.75) is 18.8 Å². The summed E-state index contributed by atoms with van der Waals surface area (Å²) in [6, 6.07) is 10.8. The SMILES string of the molecule is O=c1[nH]c2cc(Cc3cccc(F)c3)cc(C3CCNC3)c2[nH]1. The van der Waals surface area contributed by atoms with Crippen molar-refractivity contribution in [2.24, 2.45) is 0 Å². The van der Waals surface area contributed by atoms with E-state index in [9.17, 15) is 9.18 Å². The van der Waals surface area contributed by atoms with Crippen molar-refractivity contribution >= 4 is 11.0 Å². The molecule has 1 unspecified atom stereocenters. The van der Waals surface area contributed by atoms with Crippen LogP contribution in [-0.2, 0) is 6.42 Å². The zero-order valence-corrected chi connectivity index (χ0v) is 12.7. The summed E-state index contributed by atoms with van der Waals surface area (Å²) in [5.74, 6) is 0.176. The van der Waals surface area contributed by atoms with Crippen molar-refractivity contribution in [1.29, 1.82) is 0 Å². The van der Waals surface area contributed by atoms with Crippen molar-refractivity contribution in [2.75, 3.05) is 13.1 Å². The molecule has 1 aliphatic heterocycles. The van der Waals surface area contributed by atoms with E-state index in [1.54, 1.807) is 12.1 Å². The van der Waals surface area contributed by atoms with E-state index in [-0.39, 0.29) is 11.5 Å². The Morgan fingerprint density at radius 1 is 1.13 bits per heavy atom. The van der Waals surface area contributed by atoms with Crippen LogP contribution in [0.15, 0.2) is 41.2 Å². The lowest BCUT2D eigenvalue weighted by Crippen LogP contribution is -2.09. The summed E-state index contributed by atoms with van der Waals surface area (Å²) in [6.07, 6.45) is 1.71. The van der Waals surface area contributed by atoms with Crippen molar-refractivity contribution in [3.05, 3.63) is 69.4 Å². The van der Waals surface area contributed by atoms with E-state index >= 15 is 0 Å². The summed E-state index contributed by atoms with van der Waals surface area (Å²) in [5, 5.41) is 3.37. The van der Waals surface area contributed by atoms with Gasteiger partial charge in [-0.1, -0.05) is 18.2 Å². The van der Waals surface area contributed by atoms with Gasteiger partial charge in [-0.25, -0.2) is 9.18 Å². The number of hydrogen-bond donors (Lipinski definition) is 3. The van der Waals surface area contributed by atoms with Crippen LogP contribution in [0.3, 0.4) is 0 Å². The van der Waals surface area contributed by atoms with E-state index in [0.29, 0.717) is 12.3 Å². The zero-order valence-electron chi connectivity index (χ0n) is 12.7. The minimum atomic E-state index is -0.223. The number of fused-ring (bicyclic) bond motifs is 1. The molecule has 0 spiro atoms. The molecule has 118 valence electrons. The van der Waals surface area contributed by atoms with Crippen LogP contribution in [0.25, 0.3) is 11.0 Å². The molecule has 5 heteroatoms. The summed E-state index contributed by atoms with van der Waals surface area (Å²) in [5.41, 5.74) is 4.71. The standard InChI is InChI=1S/C18H18FN3O/c19-14-3-1-2-11(7-14)6-12-8-15(13-4-5-20-10-13)17-16(9-12)21-18(23)22-17/h1-3,7-9,13,20H,4-6,10H2,(H2,21,22,23). The predicted octanol–water partition coefficient (Wildman–Crippen LogP) is 2.66. The van der Waals surface area contributed by atoms with E-state index in [0.717, 1.165) is 47.2 Å². The van der Waals surface area contributed by atoms with Crippen LogP contribution in [-0.4, -0.2) is 23.1 Å². The number of nitrogens with one attached hydrogen (secondary N) is 3. The summed E-state index contributed by atoms with van der Waals surface area (Å²) in [4.78, 5) is 17.5. The number of benzene rings is 2. The Morgan fingerprint density at radius 2 is 2.04 bits per heavy atom. The lowest BCUT2D eigenvalue weighted by Gasteiger charge is -2.13. The Morgan fingerprint density at radius 3 is 2.83 bits per heavy atom. The van der Waals surface area contributed by atoms with Gasteiger partial charge >= 0.3 is 5.69 Å². The molecule has 3 N–H and O–H groups in total. The molecule has 0 bridgehead atoms. The molecule has 1 aromatic heterocycles. The largest absolute Gasteiger partial charge is 0.323 e. The van der Waals surface area contributed by atoms with Crippen LogP contribution < -0.4 is 11.0 Å². The number of rotatable bonds is 3. The van der Waals surface area contributed by atoms with Crippen LogP contribution in [0.4, 0.5) is 4.39 Å². The number of H-pyrrole nitrogens is 2. The molecule has 0 saturated carbocycles. The second kappa shape index (κ2) is 5.66. The van der Waals surface area contributed by atoms with Crippen molar-refractivity contribution in [1.82, 2.24) is 15.3 Å². The number of imidazole rings is 1. The van der Waals surface area contributed by atoms with Crippen LogP contribution in [0.2, 0.25) is 0 Å². The third-order valence-electron chi connectivity index (χ3n) is 4.51. The van der Waals surface area contributed by atoms with E-state index < -0.39 is 0 Å². The highest BCUT2D eigenvalue weighted by molar-refractivity contribution is 5.80. The van der Waals surface area contributed by atoms with Gasteiger partial charge in [-0.15, -0.1) is 0 Å². The number of hydrogen-bond acceptors (Lipinski definition) is 2. The fraction of sp³-hybridized carbons (Fsp3) is 0.278. The number of aromatic nitrogens is 2. The van der Waals surface area contributed by atoms with Gasteiger partial charge in [-0.2, -0.15) is 0 Å². The highest BCUT2D eigenvalue weighted by Crippen LogP contribution is 2.29. The van der Waals surface area contributed by atoms with Gasteiger partial charge in [-0.05, 0) is 60.2 Å². The van der Waals surface area contributed by atoms with Crippen LogP contribution >= 0.6 is 0 Å². The molecule has 4 nitrogen and oxygen atoms in total. The third kappa shape index (κ3) is 2.80. The van der Waals surface area contributed by atoms with Gasteiger partial charge in [0, 0.05) is 6.54 Å². The summed E-state index contributed by atoms with van der Waals surface area (Å²) in [6.45, 7) is 1.92. The van der Waals surface area contributed by atoms with Gasteiger partial charge in [-0.3, -0.25) is 0 Å². The maximum atomic E-state index is 13.4. The van der Waals surface area contributed by atoms with Crippen LogP contribution in [0.5, 0.6) is 0 Å². The van der Waals surface area contributed by atoms with Gasteiger partial charge in [0.25, 0.3) is 0 Å². The van der Waals surface area contributed by atoms with Gasteiger partial charge in [0.1, 0.15) is 5.82 Å². The summed E-state index contributed by atoms with van der Waals surface area (Å²) in [7, 11) is 0. The Bertz CT molecular complexity index is 906. The van der Waals surface area contributed by atoms with Crippen LogP contribution in [0.1, 0.15) is 29.0 Å². The molecule has 2 heterocycles. The molecule has 1 aliphatic rings. The second-order valence-electron chi connectivity index (χ2n) is 6.18. The maximum absolute atomic E-state index is 13.4. The molecule has 0 aliphatic carbocycles. The third-order valence-corrected chi connectivity index (χ3v) is 4.51. The molecule has 23 heavy (non-hydrogen) atoms. The second-order valence-corrected chi connectivity index (χ2v) is 6.18. The molecule has 1 fully saturated rings. The average Bonchev–Trinajstić information content (AvgIpc) is 3.15. The first-order chi connectivity index (χ1) is 11.2. The first-order valence-corrected chi connectivity index (χ1v) is 7.89. The minimum absolute atomic E-state index is 0.185. The zero-order chi connectivity index (χ0) is 15.8. The number of aromatic amines is 2. The summed E-state index contributed by atoms with van der Waals surface area (Å²) < 4.78 is 13.4. The topological polar surface area (TPSA) is 60.7 Å². The Kier molecular flexibility index (Phi) is 3.50. The predicted molar refractivity (Wildman–Crippen MR) is 88.4 cm³/mol. The van der Waals surface area contributed by atoms with E-state index in [1.807, 2.05) is 12.1 Å². The van der Waals surface area contributed by atoms with Crippen molar-refractivity contribution in [3.63, 3.8) is 0 Å². The molecular weight excluding hydrogens is 293 g/mol. The Balaban J connectivity index is 1.79. The molecule has 3 aromatic rings. The smallest absolute Gasteiger partial charge is 0.316 e. The fourth-order valence-corrected chi connectivity index (χ4v) is 3.46. The average molecular weight is 311 g/mol. The van der Waals surface area contributed by atoms with Crippen molar-refractivity contribution in [3.8, 4) is 0 Å². The molecule has 1 saturated heterocycles. The van der Waals surface area contributed by atoms with E-state index in [4.69, 9.17) is 0 Å². The van der Waals surface area contributed by atoms with Crippen LogP contribution in [0, 0.1) is 5.82 Å². The number of halogens is 1. The Hall–Kier alpha value is -2.40. The lowest BCUT2D eigenvalue weighted by atomic mass is 9.93. The van der Waals surface area contributed by atoms with E-state index in [1.165, 1.54) is 6.07 Å². The fourth-order valence-electron chi connectivity index (χ4n) is 3.46. The van der Waals surface area contributed by atoms with Gasteiger partial charge < -0.3 is 15.3 Å². The maximum Gasteiger partial charge on any atom is 0.323 e. The molecular formula is C18H18FN3O. The van der Waals surface area contributed by atoms with Gasteiger partial charge in [0.2, 0.25) is 0 Å². The molecule has 0 amide bonds. The quantitative estimate of drug-likeness (QED) is 0.696. The minimum Gasteiger partial charge on any atom is -0.316 e. The Labute approximate surface area is 132 Å². The van der Waals surface area contributed by atoms with E-state index in [2.05, 4.69) is 21.4 Å². The molecule has 2 aromatic carbocycles. The van der Waals surface area contributed by atoms with Gasteiger partial charge in [0.15, 0.2) is 0 Å². The first-order valence-electron chi connectivity index (χ1n) is 7.89. The molecule has 4 rings (SSSR count). The lowest BCUT2D eigenvalue weighted by molar-refractivity contribution is 0.626.